The first-order valence-electron chi connectivity index (χ1n) is 23.5. The highest BCUT2D eigenvalue weighted by atomic mass is 35.5. The number of carbonyl (C=O) groups excluding carboxylic acids is 1. The van der Waals surface area contributed by atoms with Gasteiger partial charge in [-0.25, -0.2) is 4.79 Å². The minimum absolute atomic E-state index is 0.120. The van der Waals surface area contributed by atoms with E-state index < -0.39 is 22.7 Å². The number of aryl methyl sites for hydroxylation is 4. The maximum atomic E-state index is 12.6. The number of hydrogen-bond donors (Lipinski definition) is 0. The van der Waals surface area contributed by atoms with Gasteiger partial charge in [0.1, 0.15) is 33.9 Å². The Labute approximate surface area is 429 Å². The van der Waals surface area contributed by atoms with Gasteiger partial charge in [0.15, 0.2) is 11.6 Å². The number of benzene rings is 4. The van der Waals surface area contributed by atoms with E-state index in [0.29, 0.717) is 23.1 Å². The number of hydrogen-bond acceptors (Lipinski definition) is 10. The third-order valence-electron chi connectivity index (χ3n) is 12.7. The standard InChI is InChI=1S/C28H33N3O3SSi.C27H32ClN3OSSi/c1-19-18-24(27(32)33-7)26(35-19)31-21(3)29-30-25(31)20(2)34-36(28(4,5)6,22-14-10-8-11-15-22)23-16-12-9-13-17-23;1-19-17-22(18-28)26(33-19)31-21(3)29-30-25(31)20(2)32-34(27(4,5)6,23-13-9-7-10-14-23)24-15-11-8-12-16-24/h8-18,20H,1-7H3;7-17,20H,18H2,1-6H3. The molecule has 0 radical (unpaired) electrons. The minimum atomic E-state index is -2.82. The maximum absolute atomic E-state index is 12.6. The Bertz CT molecular complexity index is 2920. The summed E-state index contributed by atoms with van der Waals surface area (Å²) in [5.74, 6) is 3.05. The third kappa shape index (κ3) is 10.2. The molecule has 70 heavy (non-hydrogen) atoms. The van der Waals surface area contributed by atoms with E-state index in [1.807, 2.05) is 50.5 Å². The van der Waals surface area contributed by atoms with Gasteiger partial charge in [0.2, 0.25) is 0 Å². The minimum Gasteiger partial charge on any atom is -0.465 e. The lowest BCUT2D eigenvalue weighted by atomic mass is 10.2. The number of esters is 1. The van der Waals surface area contributed by atoms with Crippen molar-refractivity contribution in [3.63, 3.8) is 0 Å². The van der Waals surface area contributed by atoms with E-state index in [1.54, 1.807) is 11.3 Å². The summed E-state index contributed by atoms with van der Waals surface area (Å²) in [5.41, 5.74) is 1.59. The molecule has 8 rings (SSSR count). The van der Waals surface area contributed by atoms with Crippen LogP contribution < -0.4 is 20.7 Å². The Kier molecular flexibility index (Phi) is 16.2. The second-order valence-electron chi connectivity index (χ2n) is 19.6. The van der Waals surface area contributed by atoms with Gasteiger partial charge in [-0.05, 0) is 84.5 Å². The quantitative estimate of drug-likeness (QED) is 0.0602. The van der Waals surface area contributed by atoms with Crippen LogP contribution in [0.4, 0.5) is 0 Å². The number of alkyl halides is 1. The molecule has 366 valence electrons. The first-order valence-corrected chi connectivity index (χ1v) is 29.5. The van der Waals surface area contributed by atoms with E-state index >= 15 is 0 Å². The summed E-state index contributed by atoms with van der Waals surface area (Å²) in [7, 11) is -4.15. The summed E-state index contributed by atoms with van der Waals surface area (Å²) in [6, 6.07) is 46.4. The lowest BCUT2D eigenvalue weighted by Crippen LogP contribution is -2.66. The van der Waals surface area contributed by atoms with Crippen molar-refractivity contribution in [2.75, 3.05) is 7.11 Å². The second-order valence-corrected chi connectivity index (χ2v) is 30.9. The van der Waals surface area contributed by atoms with Gasteiger partial charge in [-0.3, -0.25) is 9.13 Å². The number of thiophene rings is 2. The average molecular weight is 1030 g/mol. The number of halogens is 1. The van der Waals surface area contributed by atoms with Crippen LogP contribution in [0.15, 0.2) is 133 Å². The zero-order valence-electron chi connectivity index (χ0n) is 42.6. The third-order valence-corrected chi connectivity index (χ3v) is 25.3. The summed E-state index contributed by atoms with van der Waals surface area (Å²) in [5, 5.41) is 24.4. The Morgan fingerprint density at radius 3 is 1.26 bits per heavy atom. The predicted molar refractivity (Wildman–Crippen MR) is 293 cm³/mol. The predicted octanol–water partition coefficient (Wildman–Crippen LogP) is 11.7. The topological polar surface area (TPSA) is 106 Å². The molecule has 0 aliphatic carbocycles. The van der Waals surface area contributed by atoms with Crippen LogP contribution in [-0.2, 0) is 19.5 Å². The average Bonchev–Trinajstić information content (AvgIpc) is 4.14. The van der Waals surface area contributed by atoms with Gasteiger partial charge < -0.3 is 13.6 Å². The van der Waals surface area contributed by atoms with E-state index in [9.17, 15) is 4.79 Å². The molecular weight excluding hydrogens is 964 g/mol. The van der Waals surface area contributed by atoms with Gasteiger partial charge in [0.25, 0.3) is 16.6 Å². The van der Waals surface area contributed by atoms with Gasteiger partial charge >= 0.3 is 5.97 Å². The van der Waals surface area contributed by atoms with E-state index in [0.717, 1.165) is 32.1 Å². The van der Waals surface area contributed by atoms with Crippen molar-refractivity contribution in [1.82, 2.24) is 29.5 Å². The normalized spacial score (nSPS) is 13.1. The fourth-order valence-corrected chi connectivity index (χ4v) is 21.3. The highest BCUT2D eigenvalue weighted by Gasteiger charge is 2.53. The Morgan fingerprint density at radius 2 is 0.914 bits per heavy atom. The molecule has 10 nitrogen and oxygen atoms in total. The van der Waals surface area contributed by atoms with E-state index in [-0.39, 0.29) is 22.1 Å². The summed E-state index contributed by atoms with van der Waals surface area (Å²) in [4.78, 5) is 14.8. The molecule has 4 heterocycles. The zero-order chi connectivity index (χ0) is 50.6. The zero-order valence-corrected chi connectivity index (χ0v) is 47.0. The molecule has 0 fully saturated rings. The maximum Gasteiger partial charge on any atom is 0.340 e. The smallest absolute Gasteiger partial charge is 0.340 e. The van der Waals surface area contributed by atoms with Gasteiger partial charge in [-0.1, -0.05) is 163 Å². The van der Waals surface area contributed by atoms with Crippen molar-refractivity contribution in [3.8, 4) is 10.0 Å². The molecule has 0 saturated heterocycles. The van der Waals surface area contributed by atoms with E-state index in [4.69, 9.17) is 25.2 Å². The number of carbonyl (C=O) groups is 1. The molecular formula is C55H65ClN6O4S2Si2. The fourth-order valence-electron chi connectivity index (χ4n) is 9.57. The van der Waals surface area contributed by atoms with Crippen LogP contribution in [0.3, 0.4) is 0 Å². The van der Waals surface area contributed by atoms with Crippen molar-refractivity contribution in [2.45, 2.75) is 111 Å². The molecule has 8 aromatic rings. The number of rotatable bonds is 14. The van der Waals surface area contributed by atoms with Crippen LogP contribution in [0.1, 0.15) is 117 Å². The summed E-state index contributed by atoms with van der Waals surface area (Å²) < 4.78 is 23.7. The van der Waals surface area contributed by atoms with Gasteiger partial charge in [0.05, 0.1) is 18.6 Å². The molecule has 0 spiro atoms. The molecule has 0 aliphatic rings. The Morgan fingerprint density at radius 1 is 0.571 bits per heavy atom. The molecule has 4 aromatic heterocycles. The van der Waals surface area contributed by atoms with Gasteiger partial charge in [-0.15, -0.1) is 54.7 Å². The van der Waals surface area contributed by atoms with Crippen molar-refractivity contribution in [1.29, 1.82) is 0 Å². The summed E-state index contributed by atoms with van der Waals surface area (Å²) in [6.07, 6.45) is -0.677. The van der Waals surface area contributed by atoms with Crippen LogP contribution in [0, 0.1) is 27.7 Å². The van der Waals surface area contributed by atoms with Crippen molar-refractivity contribution >= 4 is 77.6 Å². The SMILES string of the molecule is COC(=O)c1cc(C)sc1-n1c(C)nnc1C(C)O[Si](c1ccccc1)(c1ccccc1)C(C)(C)C.Cc1cc(CCl)c(-n2c(C)nnc2C(C)O[Si](c2ccccc2)(c2ccccc2)C(C)(C)C)s1. The van der Waals surface area contributed by atoms with Crippen LogP contribution in [-0.4, -0.2) is 59.2 Å². The monoisotopic (exact) mass is 1030 g/mol. The highest BCUT2D eigenvalue weighted by molar-refractivity contribution is 7.15. The molecule has 0 N–H and O–H groups in total. The number of nitrogens with zero attached hydrogens (tertiary/aromatic N) is 6. The van der Waals surface area contributed by atoms with Crippen molar-refractivity contribution < 1.29 is 18.4 Å². The summed E-state index contributed by atoms with van der Waals surface area (Å²) >= 11 is 9.53. The molecule has 0 aliphatic heterocycles. The molecule has 0 bridgehead atoms. The van der Waals surface area contributed by atoms with E-state index in [1.165, 1.54) is 44.1 Å². The second kappa shape index (κ2) is 21.6. The van der Waals surface area contributed by atoms with Gasteiger partial charge in [0, 0.05) is 15.3 Å². The van der Waals surface area contributed by atoms with Crippen LogP contribution >= 0.6 is 34.3 Å². The molecule has 15 heteroatoms. The summed E-state index contributed by atoms with van der Waals surface area (Å²) in [6.45, 7) is 25.7. The van der Waals surface area contributed by atoms with Crippen LogP contribution in [0.2, 0.25) is 10.1 Å². The molecule has 2 unspecified atom stereocenters. The lowest BCUT2D eigenvalue weighted by molar-refractivity contribution is 0.0601. The first kappa shape index (κ1) is 52.5. The van der Waals surface area contributed by atoms with E-state index in [2.05, 4.69) is 196 Å². The Hall–Kier alpha value is -5.33. The lowest BCUT2D eigenvalue weighted by Gasteiger charge is -2.44. The highest BCUT2D eigenvalue weighted by Crippen LogP contribution is 2.42. The number of ether oxygens (including phenoxy) is 1. The molecule has 2 atom stereocenters. The van der Waals surface area contributed by atoms with Crippen molar-refractivity contribution in [3.05, 3.63) is 178 Å². The number of aromatic nitrogens is 6. The molecule has 4 aromatic carbocycles. The largest absolute Gasteiger partial charge is 0.465 e. The van der Waals surface area contributed by atoms with Crippen LogP contribution in [0.5, 0.6) is 0 Å². The molecule has 0 amide bonds. The molecule has 0 saturated carbocycles. The van der Waals surface area contributed by atoms with Crippen molar-refractivity contribution in [2.24, 2.45) is 0 Å². The van der Waals surface area contributed by atoms with Gasteiger partial charge in [-0.2, -0.15) is 0 Å². The fraction of sp³-hybridized carbons (Fsp3) is 0.327. The number of methoxy groups -OCH3 is 1. The first-order chi connectivity index (χ1) is 33.3. The van der Waals surface area contributed by atoms with Crippen LogP contribution in [0.25, 0.3) is 10.0 Å². The Balaban J connectivity index is 0.000000207.